The maximum Gasteiger partial charge on any atom is 0.257 e. The Bertz CT molecular complexity index is 368. The van der Waals surface area contributed by atoms with E-state index in [4.69, 9.17) is 18.0 Å². The van der Waals surface area contributed by atoms with Crippen molar-refractivity contribution in [3.8, 4) is 0 Å². The van der Waals surface area contributed by atoms with Crippen molar-refractivity contribution in [2.45, 2.75) is 13.0 Å². The summed E-state index contributed by atoms with van der Waals surface area (Å²) in [7, 11) is 1.64. The second-order valence-electron chi connectivity index (χ2n) is 3.12. The van der Waals surface area contributed by atoms with Crippen LogP contribution in [0.2, 0.25) is 0 Å². The molecule has 0 radical (unpaired) electrons. The fourth-order valence-electron chi connectivity index (χ4n) is 0.980. The van der Waals surface area contributed by atoms with Crippen LogP contribution in [0.15, 0.2) is 18.7 Å². The van der Waals surface area contributed by atoms with Crippen molar-refractivity contribution in [2.75, 3.05) is 7.05 Å². The van der Waals surface area contributed by atoms with Gasteiger partial charge in [0, 0.05) is 19.4 Å². The van der Waals surface area contributed by atoms with Crippen LogP contribution in [0.5, 0.6) is 0 Å². The van der Waals surface area contributed by atoms with Gasteiger partial charge < -0.3 is 10.6 Å². The zero-order chi connectivity index (χ0) is 11.4. The number of nitrogens with two attached hydrogens (primary N) is 1. The van der Waals surface area contributed by atoms with Crippen molar-refractivity contribution >= 4 is 23.1 Å². The summed E-state index contributed by atoms with van der Waals surface area (Å²) in [6.45, 7) is 1.77. The molecule has 0 spiro atoms. The van der Waals surface area contributed by atoms with Crippen LogP contribution in [0.25, 0.3) is 0 Å². The van der Waals surface area contributed by atoms with E-state index in [1.54, 1.807) is 14.0 Å². The average Bonchev–Trinajstić information content (AvgIpc) is 2.27. The lowest BCUT2D eigenvalue weighted by Crippen LogP contribution is -2.42. The van der Waals surface area contributed by atoms with Crippen molar-refractivity contribution in [3.63, 3.8) is 0 Å². The lowest BCUT2D eigenvalue weighted by atomic mass is 10.2. The molecule has 1 heterocycles. The number of hydrogen-bond donors (Lipinski definition) is 1. The monoisotopic (exact) mass is 224 g/mol. The minimum Gasteiger partial charge on any atom is -0.392 e. The van der Waals surface area contributed by atoms with Gasteiger partial charge in [0.05, 0.1) is 16.6 Å². The van der Waals surface area contributed by atoms with Gasteiger partial charge in [-0.05, 0) is 6.92 Å². The summed E-state index contributed by atoms with van der Waals surface area (Å²) in [5, 5.41) is 0. The van der Waals surface area contributed by atoms with Crippen molar-refractivity contribution in [3.05, 3.63) is 24.3 Å². The molecule has 1 aromatic rings. The third-order valence-corrected chi connectivity index (χ3v) is 2.46. The molecule has 0 bridgehead atoms. The number of carbonyl (C=O) groups excluding carboxylic acids is 1. The molecule has 1 amide bonds. The molecule has 0 saturated heterocycles. The molecule has 5 nitrogen and oxygen atoms in total. The first kappa shape index (κ1) is 11.5. The van der Waals surface area contributed by atoms with Crippen LogP contribution in [0.4, 0.5) is 0 Å². The second-order valence-corrected chi connectivity index (χ2v) is 3.59. The average molecular weight is 224 g/mol. The molecule has 80 valence electrons. The van der Waals surface area contributed by atoms with Gasteiger partial charge in [-0.15, -0.1) is 0 Å². The normalized spacial score (nSPS) is 11.9. The van der Waals surface area contributed by atoms with Crippen LogP contribution in [0.3, 0.4) is 0 Å². The first-order chi connectivity index (χ1) is 7.04. The van der Waals surface area contributed by atoms with Gasteiger partial charge in [-0.2, -0.15) is 0 Å². The van der Waals surface area contributed by atoms with E-state index in [0.717, 1.165) is 0 Å². The van der Waals surface area contributed by atoms with Gasteiger partial charge in [0.15, 0.2) is 0 Å². The Balaban J connectivity index is 2.82. The number of carbonyl (C=O) groups is 1. The molecule has 1 aromatic heterocycles. The highest BCUT2D eigenvalue weighted by Gasteiger charge is 2.19. The summed E-state index contributed by atoms with van der Waals surface area (Å²) in [5.41, 5.74) is 5.88. The van der Waals surface area contributed by atoms with Gasteiger partial charge in [-0.3, -0.25) is 4.79 Å². The van der Waals surface area contributed by atoms with Crippen molar-refractivity contribution in [1.82, 2.24) is 14.9 Å². The molecule has 0 aromatic carbocycles. The molecule has 1 rings (SSSR count). The van der Waals surface area contributed by atoms with Crippen LogP contribution in [-0.2, 0) is 0 Å². The van der Waals surface area contributed by atoms with E-state index in [0.29, 0.717) is 5.56 Å². The van der Waals surface area contributed by atoms with E-state index in [-0.39, 0.29) is 16.9 Å². The third-order valence-electron chi connectivity index (χ3n) is 2.12. The molecule has 6 heteroatoms. The Morgan fingerprint density at radius 3 is 2.53 bits per heavy atom. The highest BCUT2D eigenvalue weighted by molar-refractivity contribution is 7.80. The Labute approximate surface area is 93.3 Å². The van der Waals surface area contributed by atoms with E-state index < -0.39 is 0 Å². The topological polar surface area (TPSA) is 72.1 Å². The van der Waals surface area contributed by atoms with Gasteiger partial charge in [-0.25, -0.2) is 9.97 Å². The molecule has 0 aliphatic rings. The zero-order valence-electron chi connectivity index (χ0n) is 8.54. The predicted octanol–water partition coefficient (Wildman–Crippen LogP) is 0.223. The third kappa shape index (κ3) is 2.69. The molecule has 2 N–H and O–H groups in total. The molecule has 15 heavy (non-hydrogen) atoms. The summed E-state index contributed by atoms with van der Waals surface area (Å²) in [6.07, 6.45) is 4.28. The van der Waals surface area contributed by atoms with Crippen molar-refractivity contribution in [2.24, 2.45) is 5.73 Å². The van der Waals surface area contributed by atoms with E-state index in [1.807, 2.05) is 0 Å². The minimum atomic E-state index is -0.285. The van der Waals surface area contributed by atoms with Gasteiger partial charge in [0.25, 0.3) is 5.91 Å². The highest BCUT2D eigenvalue weighted by Crippen LogP contribution is 2.04. The molecule has 0 aliphatic heterocycles. The molecule has 1 atom stereocenters. The zero-order valence-corrected chi connectivity index (χ0v) is 9.36. The van der Waals surface area contributed by atoms with Crippen LogP contribution < -0.4 is 5.73 Å². The Morgan fingerprint density at radius 1 is 1.53 bits per heavy atom. The highest BCUT2D eigenvalue weighted by atomic mass is 32.1. The van der Waals surface area contributed by atoms with Crippen LogP contribution in [-0.4, -0.2) is 38.9 Å². The van der Waals surface area contributed by atoms with Crippen LogP contribution >= 0.6 is 12.2 Å². The summed E-state index contributed by atoms with van der Waals surface area (Å²) < 4.78 is 0. The molecule has 0 saturated carbocycles. The smallest absolute Gasteiger partial charge is 0.257 e. The Morgan fingerprint density at radius 2 is 2.07 bits per heavy atom. The van der Waals surface area contributed by atoms with E-state index in [1.165, 1.54) is 23.6 Å². The van der Waals surface area contributed by atoms with Gasteiger partial charge in [0.2, 0.25) is 0 Å². The van der Waals surface area contributed by atoms with Crippen molar-refractivity contribution < 1.29 is 4.79 Å². The van der Waals surface area contributed by atoms with Crippen molar-refractivity contribution in [1.29, 1.82) is 0 Å². The van der Waals surface area contributed by atoms with E-state index in [9.17, 15) is 4.79 Å². The predicted molar refractivity (Wildman–Crippen MR) is 60.4 cm³/mol. The first-order valence-electron chi connectivity index (χ1n) is 4.35. The van der Waals surface area contributed by atoms with Gasteiger partial charge >= 0.3 is 0 Å². The van der Waals surface area contributed by atoms with Crippen LogP contribution in [0, 0.1) is 0 Å². The number of aromatic nitrogens is 2. The number of amides is 1. The summed E-state index contributed by atoms with van der Waals surface area (Å²) in [5.74, 6) is -0.198. The van der Waals surface area contributed by atoms with Crippen LogP contribution in [0.1, 0.15) is 17.3 Å². The number of hydrogen-bond acceptors (Lipinski definition) is 4. The molecule has 0 aliphatic carbocycles. The second kappa shape index (κ2) is 4.79. The molecular weight excluding hydrogens is 212 g/mol. The number of rotatable bonds is 3. The molecule has 0 fully saturated rings. The SMILES string of the molecule is CC(C(N)=S)N(C)C(=O)c1cncnc1. The van der Waals surface area contributed by atoms with E-state index in [2.05, 4.69) is 9.97 Å². The molecular formula is C9H12N4OS. The quantitative estimate of drug-likeness (QED) is 0.744. The Hall–Kier alpha value is -1.56. The maximum atomic E-state index is 11.8. The number of nitrogens with zero attached hydrogens (tertiary/aromatic N) is 3. The fourth-order valence-corrected chi connectivity index (χ4v) is 1.14. The first-order valence-corrected chi connectivity index (χ1v) is 4.76. The number of thiocarbonyl (C=S) groups is 1. The fraction of sp³-hybridized carbons (Fsp3) is 0.333. The lowest BCUT2D eigenvalue weighted by Gasteiger charge is -2.23. The lowest BCUT2D eigenvalue weighted by molar-refractivity contribution is 0.0778. The maximum absolute atomic E-state index is 11.8. The minimum absolute atomic E-state index is 0.198. The van der Waals surface area contributed by atoms with Gasteiger partial charge in [0.1, 0.15) is 6.33 Å². The standard InChI is InChI=1S/C9H12N4OS/c1-6(8(10)15)13(2)9(14)7-3-11-5-12-4-7/h3-6H,1-2H3,(H2,10,15). The van der Waals surface area contributed by atoms with Gasteiger partial charge in [-0.1, -0.05) is 12.2 Å². The Kier molecular flexibility index (Phi) is 3.68. The summed E-state index contributed by atoms with van der Waals surface area (Å²) >= 11 is 4.82. The van der Waals surface area contributed by atoms with E-state index >= 15 is 0 Å². The number of likely N-dealkylation sites (N-methyl/N-ethyl adjacent to an activating group) is 1. The summed E-state index contributed by atoms with van der Waals surface area (Å²) in [4.78, 5) is 21.1. The summed E-state index contributed by atoms with van der Waals surface area (Å²) in [6, 6.07) is -0.285. The largest absolute Gasteiger partial charge is 0.392 e. The molecule has 1 unspecified atom stereocenters.